The number of nitrogens with one attached hydrogen (secondary N) is 1. The summed E-state index contributed by atoms with van der Waals surface area (Å²) in [5.74, 6) is 2.43. The van der Waals surface area contributed by atoms with Crippen LogP contribution in [0.4, 0.5) is 0 Å². The summed E-state index contributed by atoms with van der Waals surface area (Å²) in [5, 5.41) is 3.51. The number of hydrogen-bond donors (Lipinski definition) is 2. The number of rotatable bonds is 2. The normalized spacial score (nSPS) is 35.8. The van der Waals surface area contributed by atoms with Crippen molar-refractivity contribution in [2.24, 2.45) is 23.5 Å². The molecule has 14 heavy (non-hydrogen) atoms. The summed E-state index contributed by atoms with van der Waals surface area (Å²) in [6, 6.07) is 0. The van der Waals surface area contributed by atoms with E-state index < -0.39 is 0 Å². The second-order valence-electron chi connectivity index (χ2n) is 4.71. The minimum Gasteiger partial charge on any atom is -0.381 e. The Morgan fingerprint density at radius 1 is 1.14 bits per heavy atom. The van der Waals surface area contributed by atoms with Crippen molar-refractivity contribution in [2.75, 3.05) is 32.8 Å². The first-order valence-corrected chi connectivity index (χ1v) is 5.88. The van der Waals surface area contributed by atoms with Gasteiger partial charge in [-0.1, -0.05) is 0 Å². The molecular weight excluding hydrogens is 176 g/mol. The van der Waals surface area contributed by atoms with E-state index >= 15 is 0 Å². The highest BCUT2D eigenvalue weighted by Crippen LogP contribution is 2.30. The van der Waals surface area contributed by atoms with Crippen molar-refractivity contribution in [1.29, 1.82) is 0 Å². The van der Waals surface area contributed by atoms with Crippen LogP contribution in [-0.2, 0) is 4.74 Å². The highest BCUT2D eigenvalue weighted by atomic mass is 16.5. The molecule has 0 spiro atoms. The molecule has 82 valence electrons. The molecular formula is C11H22N2O. The van der Waals surface area contributed by atoms with Gasteiger partial charge in [0, 0.05) is 13.2 Å². The molecule has 2 aliphatic rings. The number of hydrogen-bond acceptors (Lipinski definition) is 3. The third kappa shape index (κ3) is 2.47. The van der Waals surface area contributed by atoms with Crippen molar-refractivity contribution in [3.05, 3.63) is 0 Å². The minimum atomic E-state index is 0.705. The van der Waals surface area contributed by atoms with Gasteiger partial charge in [-0.15, -0.1) is 0 Å². The number of ether oxygens (including phenoxy) is 1. The smallest absolute Gasteiger partial charge is 0.0468 e. The van der Waals surface area contributed by atoms with E-state index in [1.807, 2.05) is 0 Å². The van der Waals surface area contributed by atoms with E-state index in [0.29, 0.717) is 5.92 Å². The van der Waals surface area contributed by atoms with E-state index in [1.165, 1.54) is 25.8 Å². The summed E-state index contributed by atoms with van der Waals surface area (Å²) < 4.78 is 5.40. The van der Waals surface area contributed by atoms with Crippen molar-refractivity contribution in [3.63, 3.8) is 0 Å². The molecule has 2 fully saturated rings. The SMILES string of the molecule is NCC1CNCC(C2CCOCC2)C1. The monoisotopic (exact) mass is 198 g/mol. The van der Waals surface area contributed by atoms with Crippen LogP contribution >= 0.6 is 0 Å². The lowest BCUT2D eigenvalue weighted by molar-refractivity contribution is 0.0373. The lowest BCUT2D eigenvalue weighted by Crippen LogP contribution is -2.43. The Labute approximate surface area is 86.4 Å². The molecule has 0 aliphatic carbocycles. The van der Waals surface area contributed by atoms with E-state index in [1.54, 1.807) is 0 Å². The lowest BCUT2D eigenvalue weighted by atomic mass is 9.78. The van der Waals surface area contributed by atoms with Crippen LogP contribution in [0, 0.1) is 17.8 Å². The quantitative estimate of drug-likeness (QED) is 0.683. The Morgan fingerprint density at radius 3 is 2.64 bits per heavy atom. The molecule has 2 aliphatic heterocycles. The van der Waals surface area contributed by atoms with Crippen LogP contribution < -0.4 is 11.1 Å². The van der Waals surface area contributed by atoms with Crippen LogP contribution in [-0.4, -0.2) is 32.8 Å². The van der Waals surface area contributed by atoms with Crippen molar-refractivity contribution < 1.29 is 4.74 Å². The van der Waals surface area contributed by atoms with E-state index in [9.17, 15) is 0 Å². The Hall–Kier alpha value is -0.120. The maximum atomic E-state index is 5.73. The van der Waals surface area contributed by atoms with E-state index in [4.69, 9.17) is 10.5 Å². The molecule has 3 nitrogen and oxygen atoms in total. The Kier molecular flexibility index (Phi) is 3.79. The summed E-state index contributed by atoms with van der Waals surface area (Å²) >= 11 is 0. The van der Waals surface area contributed by atoms with Crippen molar-refractivity contribution in [2.45, 2.75) is 19.3 Å². The molecule has 0 aromatic rings. The fraction of sp³-hybridized carbons (Fsp3) is 1.00. The Morgan fingerprint density at radius 2 is 1.93 bits per heavy atom. The number of piperidine rings is 1. The first kappa shape index (κ1) is 10.4. The van der Waals surface area contributed by atoms with Gasteiger partial charge in [0.1, 0.15) is 0 Å². The Balaban J connectivity index is 1.83. The van der Waals surface area contributed by atoms with Gasteiger partial charge in [-0.25, -0.2) is 0 Å². The van der Waals surface area contributed by atoms with Gasteiger partial charge in [-0.3, -0.25) is 0 Å². The van der Waals surface area contributed by atoms with E-state index in [2.05, 4.69) is 5.32 Å². The summed E-state index contributed by atoms with van der Waals surface area (Å²) in [6.07, 6.45) is 3.83. The summed E-state index contributed by atoms with van der Waals surface area (Å²) in [5.41, 5.74) is 5.73. The third-order valence-corrected chi connectivity index (χ3v) is 3.74. The van der Waals surface area contributed by atoms with Crippen LogP contribution in [0.25, 0.3) is 0 Å². The van der Waals surface area contributed by atoms with Gasteiger partial charge in [-0.2, -0.15) is 0 Å². The molecule has 0 aromatic carbocycles. The molecule has 3 heteroatoms. The zero-order valence-corrected chi connectivity index (χ0v) is 8.87. The summed E-state index contributed by atoms with van der Waals surface area (Å²) in [4.78, 5) is 0. The highest BCUT2D eigenvalue weighted by Gasteiger charge is 2.28. The maximum Gasteiger partial charge on any atom is 0.0468 e. The molecule has 0 aromatic heterocycles. The van der Waals surface area contributed by atoms with Gasteiger partial charge in [0.25, 0.3) is 0 Å². The molecule has 2 atom stereocenters. The van der Waals surface area contributed by atoms with Crippen LogP contribution in [0.2, 0.25) is 0 Å². The molecule has 2 saturated heterocycles. The van der Waals surface area contributed by atoms with Gasteiger partial charge < -0.3 is 15.8 Å². The lowest BCUT2D eigenvalue weighted by Gasteiger charge is -2.36. The standard InChI is InChI=1S/C11H22N2O/c12-6-9-5-11(8-13-7-9)10-1-3-14-4-2-10/h9-11,13H,1-8,12H2. The average Bonchev–Trinajstić information content (AvgIpc) is 2.30. The molecule has 2 rings (SSSR count). The first-order valence-electron chi connectivity index (χ1n) is 5.88. The number of nitrogens with two attached hydrogens (primary N) is 1. The van der Waals surface area contributed by atoms with Crippen LogP contribution in [0.5, 0.6) is 0 Å². The van der Waals surface area contributed by atoms with Gasteiger partial charge in [-0.05, 0) is 56.7 Å². The molecule has 0 saturated carbocycles. The topological polar surface area (TPSA) is 47.3 Å². The zero-order chi connectivity index (χ0) is 9.80. The summed E-state index contributed by atoms with van der Waals surface area (Å²) in [7, 11) is 0. The van der Waals surface area contributed by atoms with Crippen molar-refractivity contribution in [3.8, 4) is 0 Å². The van der Waals surface area contributed by atoms with Crippen molar-refractivity contribution in [1.82, 2.24) is 5.32 Å². The maximum absolute atomic E-state index is 5.73. The molecule has 0 radical (unpaired) electrons. The van der Waals surface area contributed by atoms with Crippen LogP contribution in [0.1, 0.15) is 19.3 Å². The molecule has 2 unspecified atom stereocenters. The Bertz CT molecular complexity index is 169. The third-order valence-electron chi connectivity index (χ3n) is 3.74. The first-order chi connectivity index (χ1) is 6.90. The fourth-order valence-corrected chi connectivity index (χ4v) is 2.79. The molecule has 0 bridgehead atoms. The molecule has 0 amide bonds. The van der Waals surface area contributed by atoms with Gasteiger partial charge in [0.2, 0.25) is 0 Å². The zero-order valence-electron chi connectivity index (χ0n) is 8.87. The summed E-state index contributed by atoms with van der Waals surface area (Å²) in [6.45, 7) is 5.09. The van der Waals surface area contributed by atoms with E-state index in [-0.39, 0.29) is 0 Å². The van der Waals surface area contributed by atoms with Crippen molar-refractivity contribution >= 4 is 0 Å². The predicted molar refractivity (Wildman–Crippen MR) is 57.1 cm³/mol. The van der Waals surface area contributed by atoms with Gasteiger partial charge in [0.05, 0.1) is 0 Å². The molecule has 2 heterocycles. The predicted octanol–water partition coefficient (Wildman–Crippen LogP) is 0.597. The largest absolute Gasteiger partial charge is 0.381 e. The second-order valence-corrected chi connectivity index (χ2v) is 4.71. The van der Waals surface area contributed by atoms with Crippen LogP contribution in [0.3, 0.4) is 0 Å². The van der Waals surface area contributed by atoms with Gasteiger partial charge >= 0.3 is 0 Å². The molecule has 3 N–H and O–H groups in total. The highest BCUT2D eigenvalue weighted by molar-refractivity contribution is 4.82. The minimum absolute atomic E-state index is 0.705. The van der Waals surface area contributed by atoms with E-state index in [0.717, 1.165) is 38.1 Å². The van der Waals surface area contributed by atoms with Crippen LogP contribution in [0.15, 0.2) is 0 Å². The van der Waals surface area contributed by atoms with Gasteiger partial charge in [0.15, 0.2) is 0 Å². The fourth-order valence-electron chi connectivity index (χ4n) is 2.79. The average molecular weight is 198 g/mol. The second kappa shape index (κ2) is 5.10.